The molecule has 0 saturated carbocycles. The molecule has 0 saturated heterocycles. The van der Waals surface area contributed by atoms with Crippen molar-refractivity contribution in [3.8, 4) is 46.2 Å². The summed E-state index contributed by atoms with van der Waals surface area (Å²) in [6, 6.07) is 25.4. The summed E-state index contributed by atoms with van der Waals surface area (Å²) in [5, 5.41) is 4.63. The van der Waals surface area contributed by atoms with E-state index in [-0.39, 0.29) is 0 Å². The third kappa shape index (κ3) is 5.52. The van der Waals surface area contributed by atoms with E-state index in [1.54, 1.807) is 0 Å². The number of nitrogens with zero attached hydrogens (tertiary/aromatic N) is 2. The number of aromatic amines is 2. The van der Waals surface area contributed by atoms with Gasteiger partial charge in [0.05, 0.1) is 27.7 Å². The number of hydrogen-bond acceptors (Lipinski definition) is 2. The van der Waals surface area contributed by atoms with Crippen molar-refractivity contribution in [2.24, 2.45) is 0 Å². The van der Waals surface area contributed by atoms with E-state index < -0.39 is 0 Å². The first-order valence-electron chi connectivity index (χ1n) is 13.3. The third-order valence-electron chi connectivity index (χ3n) is 6.89. The molecule has 6 aromatic rings. The summed E-state index contributed by atoms with van der Waals surface area (Å²) in [5.41, 5.74) is 6.22. The van der Waals surface area contributed by atoms with Gasteiger partial charge in [-0.3, -0.25) is 0 Å². The molecular formula is C35H27IN4. The van der Waals surface area contributed by atoms with Crippen molar-refractivity contribution >= 4 is 44.1 Å². The average molecular weight is 631 g/mol. The summed E-state index contributed by atoms with van der Waals surface area (Å²) in [4.78, 5) is 15.8. The quantitative estimate of drug-likeness (QED) is 0.116. The number of aromatic nitrogens is 4. The van der Waals surface area contributed by atoms with Crippen LogP contribution < -0.4 is 0 Å². The Kier molecular flexibility index (Phi) is 7.15. The van der Waals surface area contributed by atoms with Gasteiger partial charge < -0.3 is 9.97 Å². The maximum atomic E-state index is 4.49. The van der Waals surface area contributed by atoms with Crippen LogP contribution in [0.2, 0.25) is 0 Å². The first kappa shape index (κ1) is 25.9. The fraction of sp³-hybridized carbons (Fsp3) is 0.143. The predicted molar refractivity (Wildman–Crippen MR) is 173 cm³/mol. The third-order valence-corrected chi connectivity index (χ3v) is 7.48. The van der Waals surface area contributed by atoms with Gasteiger partial charge in [-0.25, -0.2) is 9.97 Å². The molecule has 5 heteroatoms. The fourth-order valence-electron chi connectivity index (χ4n) is 4.65. The highest BCUT2D eigenvalue weighted by molar-refractivity contribution is 14.1. The van der Waals surface area contributed by atoms with Gasteiger partial charge in [-0.15, -0.1) is 0 Å². The predicted octanol–water partition coefficient (Wildman–Crippen LogP) is 8.80. The van der Waals surface area contributed by atoms with Gasteiger partial charge in [0.2, 0.25) is 0 Å². The van der Waals surface area contributed by atoms with Crippen molar-refractivity contribution in [2.45, 2.75) is 30.6 Å². The van der Waals surface area contributed by atoms with Crippen LogP contribution in [0, 0.1) is 23.7 Å². The minimum atomic E-state index is 0.344. The number of imidazole rings is 2. The number of hydrogen-bond donors (Lipinski definition) is 2. The molecule has 0 bridgehead atoms. The Bertz CT molecular complexity index is 1840. The van der Waals surface area contributed by atoms with Crippen molar-refractivity contribution in [1.29, 1.82) is 0 Å². The molecule has 0 unspecified atom stereocenters. The van der Waals surface area contributed by atoms with Crippen LogP contribution in [0.25, 0.3) is 44.1 Å². The van der Waals surface area contributed by atoms with Crippen molar-refractivity contribution in [3.63, 3.8) is 0 Å². The number of benzene rings is 4. The molecule has 2 aromatic heterocycles. The number of alkyl halides is 1. The second-order valence-electron chi connectivity index (χ2n) is 10.2. The Hall–Kier alpha value is -4.33. The van der Waals surface area contributed by atoms with Gasteiger partial charge in [0.15, 0.2) is 0 Å². The lowest BCUT2D eigenvalue weighted by atomic mass is 10.0. The minimum absolute atomic E-state index is 0.344. The van der Waals surface area contributed by atoms with E-state index in [0.29, 0.717) is 9.84 Å². The molecule has 2 heterocycles. The summed E-state index contributed by atoms with van der Waals surface area (Å²) >= 11 is 2.36. The second-order valence-corrected chi connectivity index (χ2v) is 12.1. The molecule has 0 radical (unpaired) electrons. The standard InChI is InChI=1S/C35H27IN4/c1-22(2)34-37-20-32(39-34)30-14-12-26-16-24(8-10-28(26)18-30)6-4-5-7-25-9-11-29-19-31(15-13-27(29)17-25)33-21-38-35(40-33)23(3)36/h8-23H,1-3H3,(H,37,39)(H,38,40)/t23-/m0/s1. The van der Waals surface area contributed by atoms with Crippen molar-refractivity contribution in [3.05, 3.63) is 108 Å². The van der Waals surface area contributed by atoms with E-state index in [2.05, 4.69) is 148 Å². The number of nitrogens with one attached hydrogen (secondary N) is 2. The van der Waals surface area contributed by atoms with Gasteiger partial charge in [0.25, 0.3) is 0 Å². The Morgan fingerprint density at radius 1 is 0.600 bits per heavy atom. The highest BCUT2D eigenvalue weighted by atomic mass is 127. The van der Waals surface area contributed by atoms with Gasteiger partial charge in [-0.05, 0) is 76.7 Å². The lowest BCUT2D eigenvalue weighted by molar-refractivity contribution is 0.795. The summed E-state index contributed by atoms with van der Waals surface area (Å²) in [7, 11) is 0. The molecule has 0 aliphatic carbocycles. The van der Waals surface area contributed by atoms with Gasteiger partial charge in [0.1, 0.15) is 11.6 Å². The normalized spacial score (nSPS) is 11.7. The summed E-state index contributed by atoms with van der Waals surface area (Å²) < 4.78 is 0.344. The van der Waals surface area contributed by atoms with Crippen LogP contribution >= 0.6 is 22.6 Å². The van der Waals surface area contributed by atoms with E-state index in [4.69, 9.17) is 0 Å². The lowest BCUT2D eigenvalue weighted by Gasteiger charge is -2.03. The Morgan fingerprint density at radius 2 is 1.05 bits per heavy atom. The first-order chi connectivity index (χ1) is 19.4. The smallest absolute Gasteiger partial charge is 0.119 e. The monoisotopic (exact) mass is 630 g/mol. The van der Waals surface area contributed by atoms with E-state index in [9.17, 15) is 0 Å². The molecule has 0 spiro atoms. The molecule has 4 aromatic carbocycles. The molecule has 4 nitrogen and oxygen atoms in total. The summed E-state index contributed by atoms with van der Waals surface area (Å²) in [6.07, 6.45) is 3.81. The Morgan fingerprint density at radius 3 is 1.50 bits per heavy atom. The SMILES string of the molecule is CC(C)c1ncc(-c2ccc3cc(C#CC#Cc4ccc5cc(-c6cnc([C@H](C)I)[nH]6)ccc5c4)ccc3c2)[nH]1. The maximum Gasteiger partial charge on any atom is 0.119 e. The zero-order chi connectivity index (χ0) is 27.6. The van der Waals surface area contributed by atoms with Crippen LogP contribution in [0.5, 0.6) is 0 Å². The van der Waals surface area contributed by atoms with Crippen molar-refractivity contribution < 1.29 is 0 Å². The van der Waals surface area contributed by atoms with Crippen LogP contribution in [-0.4, -0.2) is 19.9 Å². The average Bonchev–Trinajstić information content (AvgIpc) is 3.66. The zero-order valence-corrected chi connectivity index (χ0v) is 24.7. The van der Waals surface area contributed by atoms with Gasteiger partial charge in [0, 0.05) is 28.2 Å². The van der Waals surface area contributed by atoms with Gasteiger partial charge in [-0.1, -0.05) is 84.7 Å². The molecule has 194 valence electrons. The van der Waals surface area contributed by atoms with Crippen LogP contribution in [0.1, 0.15) is 53.4 Å². The molecule has 0 amide bonds. The van der Waals surface area contributed by atoms with Crippen molar-refractivity contribution in [1.82, 2.24) is 19.9 Å². The summed E-state index contributed by atoms with van der Waals surface area (Å²) in [5.74, 6) is 14.8. The van der Waals surface area contributed by atoms with E-state index in [0.717, 1.165) is 56.1 Å². The maximum absolute atomic E-state index is 4.49. The van der Waals surface area contributed by atoms with Crippen LogP contribution in [0.4, 0.5) is 0 Å². The molecule has 40 heavy (non-hydrogen) atoms. The first-order valence-corrected chi connectivity index (χ1v) is 14.5. The van der Waals surface area contributed by atoms with Crippen LogP contribution in [0.15, 0.2) is 85.2 Å². The Labute approximate surface area is 247 Å². The molecule has 1 atom stereocenters. The Balaban J connectivity index is 1.17. The second kappa shape index (κ2) is 11.0. The summed E-state index contributed by atoms with van der Waals surface area (Å²) in [6.45, 7) is 6.40. The number of halogens is 1. The molecular weight excluding hydrogens is 603 g/mol. The van der Waals surface area contributed by atoms with Crippen LogP contribution in [-0.2, 0) is 0 Å². The fourth-order valence-corrected chi connectivity index (χ4v) is 4.97. The molecule has 0 fully saturated rings. The van der Waals surface area contributed by atoms with Gasteiger partial charge in [-0.2, -0.15) is 0 Å². The zero-order valence-electron chi connectivity index (χ0n) is 22.5. The van der Waals surface area contributed by atoms with Crippen molar-refractivity contribution in [2.75, 3.05) is 0 Å². The minimum Gasteiger partial charge on any atom is -0.342 e. The molecule has 2 N–H and O–H groups in total. The highest BCUT2D eigenvalue weighted by Gasteiger charge is 2.09. The van der Waals surface area contributed by atoms with E-state index in [1.807, 2.05) is 24.5 Å². The largest absolute Gasteiger partial charge is 0.342 e. The lowest BCUT2D eigenvalue weighted by Crippen LogP contribution is -1.89. The highest BCUT2D eigenvalue weighted by Crippen LogP contribution is 2.27. The number of H-pyrrole nitrogens is 2. The molecule has 0 aliphatic rings. The molecule has 6 rings (SSSR count). The van der Waals surface area contributed by atoms with E-state index >= 15 is 0 Å². The van der Waals surface area contributed by atoms with Gasteiger partial charge >= 0.3 is 0 Å². The number of rotatable bonds is 4. The van der Waals surface area contributed by atoms with Crippen LogP contribution in [0.3, 0.4) is 0 Å². The number of fused-ring (bicyclic) bond motifs is 2. The molecule has 0 aliphatic heterocycles. The topological polar surface area (TPSA) is 57.4 Å². The van der Waals surface area contributed by atoms with E-state index in [1.165, 1.54) is 10.8 Å².